The third-order valence-corrected chi connectivity index (χ3v) is 5.30. The number of aryl methyl sites for hydroxylation is 3. The molecule has 6 nitrogen and oxygen atoms in total. The molecule has 0 unspecified atom stereocenters. The van der Waals surface area contributed by atoms with E-state index in [0.717, 1.165) is 47.3 Å². The molecule has 0 saturated heterocycles. The molecule has 4 heterocycles. The number of carbonyl (C=O) groups is 1. The molecule has 1 aliphatic rings. The molecule has 0 N–H and O–H groups in total. The Balaban J connectivity index is 1.37. The van der Waals surface area contributed by atoms with Gasteiger partial charge in [0.15, 0.2) is 5.89 Å². The van der Waals surface area contributed by atoms with Gasteiger partial charge in [0, 0.05) is 37.2 Å². The van der Waals surface area contributed by atoms with Crippen LogP contribution in [0, 0.1) is 6.92 Å². The molecule has 3 aromatic rings. The van der Waals surface area contributed by atoms with Crippen molar-refractivity contribution in [1.29, 1.82) is 0 Å². The summed E-state index contributed by atoms with van der Waals surface area (Å²) in [4.78, 5) is 27.5. The lowest BCUT2D eigenvalue weighted by Crippen LogP contribution is -2.36. The van der Waals surface area contributed by atoms with Crippen LogP contribution < -0.4 is 0 Å². The molecule has 7 heteroatoms. The van der Waals surface area contributed by atoms with E-state index in [1.165, 1.54) is 5.56 Å². The van der Waals surface area contributed by atoms with E-state index in [1.54, 1.807) is 17.5 Å². The van der Waals surface area contributed by atoms with Crippen LogP contribution in [0.25, 0.3) is 0 Å². The average Bonchev–Trinajstić information content (AvgIpc) is 3.25. The molecule has 4 rings (SSSR count). The van der Waals surface area contributed by atoms with E-state index < -0.39 is 0 Å². The van der Waals surface area contributed by atoms with E-state index in [0.29, 0.717) is 19.5 Å². The van der Waals surface area contributed by atoms with E-state index >= 15 is 0 Å². The molecule has 0 fully saturated rings. The van der Waals surface area contributed by atoms with E-state index in [9.17, 15) is 4.79 Å². The van der Waals surface area contributed by atoms with Crippen molar-refractivity contribution in [3.8, 4) is 0 Å². The fraction of sp³-hybridized carbons (Fsp3) is 0.368. The summed E-state index contributed by atoms with van der Waals surface area (Å²) in [6, 6.07) is 3.99. The van der Waals surface area contributed by atoms with E-state index in [4.69, 9.17) is 4.42 Å². The molecule has 0 aliphatic carbocycles. The molecule has 0 spiro atoms. The van der Waals surface area contributed by atoms with Gasteiger partial charge in [0.05, 0.1) is 23.7 Å². The standard InChI is InChI=1S/C19H20N4O2S/c1-13-21-15(12-26-13)9-19(24)23-8-6-17-16(11-23)22-18(25-17)5-4-14-3-2-7-20-10-14/h2-3,7,10,12H,4-6,8-9,11H2,1H3. The Labute approximate surface area is 155 Å². The van der Waals surface area contributed by atoms with Crippen LogP contribution in [0.5, 0.6) is 0 Å². The first-order valence-corrected chi connectivity index (χ1v) is 9.60. The van der Waals surface area contributed by atoms with Crippen LogP contribution in [0.15, 0.2) is 34.3 Å². The van der Waals surface area contributed by atoms with Crippen molar-refractivity contribution in [3.63, 3.8) is 0 Å². The fourth-order valence-electron chi connectivity index (χ4n) is 3.13. The van der Waals surface area contributed by atoms with Gasteiger partial charge in [-0.25, -0.2) is 9.97 Å². The van der Waals surface area contributed by atoms with Crippen LogP contribution >= 0.6 is 11.3 Å². The quantitative estimate of drug-likeness (QED) is 0.692. The Bertz CT molecular complexity index is 903. The summed E-state index contributed by atoms with van der Waals surface area (Å²) >= 11 is 1.57. The maximum atomic E-state index is 12.5. The minimum atomic E-state index is 0.0980. The van der Waals surface area contributed by atoms with Gasteiger partial charge in [0.1, 0.15) is 11.5 Å². The molecule has 3 aromatic heterocycles. The highest BCUT2D eigenvalue weighted by molar-refractivity contribution is 7.09. The highest BCUT2D eigenvalue weighted by Gasteiger charge is 2.25. The van der Waals surface area contributed by atoms with Crippen molar-refractivity contribution in [3.05, 3.63) is 63.5 Å². The number of pyridine rings is 1. The molecule has 26 heavy (non-hydrogen) atoms. The number of hydrogen-bond donors (Lipinski definition) is 0. The zero-order valence-electron chi connectivity index (χ0n) is 14.6. The van der Waals surface area contributed by atoms with Crippen LogP contribution in [0.3, 0.4) is 0 Å². The van der Waals surface area contributed by atoms with Crippen LogP contribution in [0.1, 0.15) is 33.6 Å². The molecule has 0 bridgehead atoms. The number of carbonyl (C=O) groups excluding carboxylic acids is 1. The van der Waals surface area contributed by atoms with E-state index in [-0.39, 0.29) is 5.91 Å². The lowest BCUT2D eigenvalue weighted by atomic mass is 10.1. The van der Waals surface area contributed by atoms with Gasteiger partial charge in [-0.3, -0.25) is 9.78 Å². The molecular formula is C19H20N4O2S. The Morgan fingerprint density at radius 1 is 1.35 bits per heavy atom. The Morgan fingerprint density at radius 2 is 2.27 bits per heavy atom. The third kappa shape index (κ3) is 3.83. The summed E-state index contributed by atoms with van der Waals surface area (Å²) < 4.78 is 5.90. The minimum Gasteiger partial charge on any atom is -0.445 e. The monoisotopic (exact) mass is 368 g/mol. The second kappa shape index (κ2) is 7.37. The van der Waals surface area contributed by atoms with Crippen LogP contribution in [-0.2, 0) is 37.0 Å². The maximum Gasteiger partial charge on any atom is 0.228 e. The van der Waals surface area contributed by atoms with Crippen molar-refractivity contribution >= 4 is 17.2 Å². The lowest BCUT2D eigenvalue weighted by Gasteiger charge is -2.25. The Hall–Kier alpha value is -2.54. The summed E-state index contributed by atoms with van der Waals surface area (Å²) in [5.74, 6) is 1.75. The van der Waals surface area contributed by atoms with Gasteiger partial charge >= 0.3 is 0 Å². The topological polar surface area (TPSA) is 72.1 Å². The predicted molar refractivity (Wildman–Crippen MR) is 97.8 cm³/mol. The molecule has 1 amide bonds. The fourth-order valence-corrected chi connectivity index (χ4v) is 3.74. The molecule has 0 aromatic carbocycles. The predicted octanol–water partition coefficient (Wildman–Crippen LogP) is 2.75. The number of thiazole rings is 1. The molecule has 134 valence electrons. The SMILES string of the molecule is Cc1nc(CC(=O)N2CCc3oc(CCc4cccnc4)nc3C2)cs1. The minimum absolute atomic E-state index is 0.0980. The Kier molecular flexibility index (Phi) is 4.79. The van der Waals surface area contributed by atoms with Gasteiger partial charge in [-0.2, -0.15) is 0 Å². The number of oxazole rings is 1. The first-order chi connectivity index (χ1) is 12.7. The summed E-state index contributed by atoms with van der Waals surface area (Å²) in [5.41, 5.74) is 2.90. The van der Waals surface area contributed by atoms with E-state index in [2.05, 4.69) is 21.0 Å². The highest BCUT2D eigenvalue weighted by Crippen LogP contribution is 2.21. The summed E-state index contributed by atoms with van der Waals surface area (Å²) in [6.07, 6.45) is 6.29. The van der Waals surface area contributed by atoms with Crippen molar-refractivity contribution in [2.75, 3.05) is 6.54 Å². The van der Waals surface area contributed by atoms with Gasteiger partial charge in [-0.15, -0.1) is 11.3 Å². The second-order valence-corrected chi connectivity index (χ2v) is 7.50. The smallest absolute Gasteiger partial charge is 0.228 e. The zero-order valence-corrected chi connectivity index (χ0v) is 15.5. The normalized spacial score (nSPS) is 13.7. The van der Waals surface area contributed by atoms with Gasteiger partial charge in [0.2, 0.25) is 5.91 Å². The summed E-state index contributed by atoms with van der Waals surface area (Å²) in [6.45, 7) is 3.15. The number of fused-ring (bicyclic) bond motifs is 1. The van der Waals surface area contributed by atoms with Gasteiger partial charge in [-0.05, 0) is 25.0 Å². The number of nitrogens with zero attached hydrogens (tertiary/aromatic N) is 4. The third-order valence-electron chi connectivity index (χ3n) is 4.47. The summed E-state index contributed by atoms with van der Waals surface area (Å²) in [5, 5.41) is 2.94. The number of hydrogen-bond acceptors (Lipinski definition) is 6. The van der Waals surface area contributed by atoms with Gasteiger partial charge < -0.3 is 9.32 Å². The number of rotatable bonds is 5. The van der Waals surface area contributed by atoms with Crippen molar-refractivity contribution < 1.29 is 9.21 Å². The molecule has 0 atom stereocenters. The molecule has 0 saturated carbocycles. The van der Waals surface area contributed by atoms with Crippen molar-refractivity contribution in [2.45, 2.75) is 39.2 Å². The van der Waals surface area contributed by atoms with E-state index in [1.807, 2.05) is 29.5 Å². The lowest BCUT2D eigenvalue weighted by molar-refractivity contribution is -0.131. The van der Waals surface area contributed by atoms with Gasteiger partial charge in [-0.1, -0.05) is 6.07 Å². The Morgan fingerprint density at radius 3 is 3.04 bits per heavy atom. The van der Waals surface area contributed by atoms with Crippen LogP contribution in [0.2, 0.25) is 0 Å². The number of amides is 1. The summed E-state index contributed by atoms with van der Waals surface area (Å²) in [7, 11) is 0. The maximum absolute atomic E-state index is 12.5. The van der Waals surface area contributed by atoms with Crippen molar-refractivity contribution in [2.24, 2.45) is 0 Å². The highest BCUT2D eigenvalue weighted by atomic mass is 32.1. The van der Waals surface area contributed by atoms with Gasteiger partial charge in [0.25, 0.3) is 0 Å². The molecule has 0 radical (unpaired) electrons. The second-order valence-electron chi connectivity index (χ2n) is 6.44. The average molecular weight is 368 g/mol. The number of aromatic nitrogens is 3. The molecule has 1 aliphatic heterocycles. The largest absolute Gasteiger partial charge is 0.445 e. The van der Waals surface area contributed by atoms with Crippen LogP contribution in [-0.4, -0.2) is 32.3 Å². The van der Waals surface area contributed by atoms with Crippen LogP contribution in [0.4, 0.5) is 0 Å². The first kappa shape index (κ1) is 16.9. The van der Waals surface area contributed by atoms with Crippen molar-refractivity contribution in [1.82, 2.24) is 19.9 Å². The first-order valence-electron chi connectivity index (χ1n) is 8.72. The molecular weight excluding hydrogens is 348 g/mol. The zero-order chi connectivity index (χ0) is 17.9.